The summed E-state index contributed by atoms with van der Waals surface area (Å²) in [6.07, 6.45) is 0. The number of aromatic nitrogens is 2. The number of carbonyl (C=O) groups excluding carboxylic acids is 1. The first-order valence-electron chi connectivity index (χ1n) is 5.35. The van der Waals surface area contributed by atoms with Crippen LogP contribution in [0.15, 0.2) is 33.2 Å². The SMILES string of the molecule is COc1cc(NC(=O)c2ccc(Br)cc2Br)nn1C. The van der Waals surface area contributed by atoms with Crippen LogP contribution in [0.5, 0.6) is 5.88 Å². The Hall–Kier alpha value is -1.34. The van der Waals surface area contributed by atoms with Crippen molar-refractivity contribution in [2.45, 2.75) is 0 Å². The summed E-state index contributed by atoms with van der Waals surface area (Å²) in [4.78, 5) is 12.1. The number of carbonyl (C=O) groups is 1. The molecule has 19 heavy (non-hydrogen) atoms. The first-order chi connectivity index (χ1) is 9.01. The van der Waals surface area contributed by atoms with Gasteiger partial charge in [-0.1, -0.05) is 15.9 Å². The summed E-state index contributed by atoms with van der Waals surface area (Å²) < 4.78 is 8.24. The maximum absolute atomic E-state index is 12.1. The van der Waals surface area contributed by atoms with Crippen molar-refractivity contribution < 1.29 is 9.53 Å². The molecule has 100 valence electrons. The van der Waals surface area contributed by atoms with Gasteiger partial charge in [0.05, 0.1) is 12.7 Å². The molecule has 0 unspecified atom stereocenters. The maximum atomic E-state index is 12.1. The Morgan fingerprint density at radius 3 is 2.68 bits per heavy atom. The van der Waals surface area contributed by atoms with Crippen molar-refractivity contribution in [1.29, 1.82) is 0 Å². The van der Waals surface area contributed by atoms with Crippen LogP contribution in [-0.4, -0.2) is 22.8 Å². The number of hydrogen-bond donors (Lipinski definition) is 1. The van der Waals surface area contributed by atoms with Crippen LogP contribution in [0.2, 0.25) is 0 Å². The Bertz CT molecular complexity index is 625. The third-order valence-corrected chi connectivity index (χ3v) is 3.61. The van der Waals surface area contributed by atoms with E-state index in [1.54, 1.807) is 37.0 Å². The third kappa shape index (κ3) is 3.16. The molecule has 0 saturated carbocycles. The minimum Gasteiger partial charge on any atom is -0.481 e. The topological polar surface area (TPSA) is 56.1 Å². The average Bonchev–Trinajstić information content (AvgIpc) is 2.69. The summed E-state index contributed by atoms with van der Waals surface area (Å²) in [5.41, 5.74) is 0.535. The van der Waals surface area contributed by atoms with Crippen LogP contribution < -0.4 is 10.1 Å². The normalized spacial score (nSPS) is 10.3. The molecule has 0 atom stereocenters. The minimum atomic E-state index is -0.236. The molecule has 0 aliphatic carbocycles. The van der Waals surface area contributed by atoms with Crippen LogP contribution in [-0.2, 0) is 7.05 Å². The summed E-state index contributed by atoms with van der Waals surface area (Å²) in [5.74, 6) is 0.782. The molecule has 0 aliphatic heterocycles. The summed E-state index contributed by atoms with van der Waals surface area (Å²) in [6, 6.07) is 7.00. The van der Waals surface area contributed by atoms with Crippen molar-refractivity contribution in [2.24, 2.45) is 7.05 Å². The van der Waals surface area contributed by atoms with Gasteiger partial charge in [0.15, 0.2) is 5.82 Å². The highest BCUT2D eigenvalue weighted by atomic mass is 79.9. The molecule has 0 fully saturated rings. The molecule has 1 aromatic carbocycles. The van der Waals surface area contributed by atoms with Crippen LogP contribution in [0.25, 0.3) is 0 Å². The third-order valence-electron chi connectivity index (χ3n) is 2.46. The number of nitrogens with zero attached hydrogens (tertiary/aromatic N) is 2. The fraction of sp³-hybridized carbons (Fsp3) is 0.167. The number of anilines is 1. The van der Waals surface area contributed by atoms with E-state index in [1.807, 2.05) is 6.07 Å². The lowest BCUT2D eigenvalue weighted by Crippen LogP contribution is -2.13. The van der Waals surface area contributed by atoms with Crippen molar-refractivity contribution in [3.8, 4) is 5.88 Å². The highest BCUT2D eigenvalue weighted by Gasteiger charge is 2.13. The molecule has 1 N–H and O–H groups in total. The zero-order valence-corrected chi connectivity index (χ0v) is 13.4. The number of nitrogens with one attached hydrogen (secondary N) is 1. The van der Waals surface area contributed by atoms with Gasteiger partial charge in [0.25, 0.3) is 5.91 Å². The highest BCUT2D eigenvalue weighted by molar-refractivity contribution is 9.11. The molecule has 0 spiro atoms. The molecule has 1 heterocycles. The van der Waals surface area contributed by atoms with E-state index in [0.717, 1.165) is 4.47 Å². The van der Waals surface area contributed by atoms with E-state index in [0.29, 0.717) is 21.7 Å². The second-order valence-electron chi connectivity index (χ2n) is 3.77. The van der Waals surface area contributed by atoms with Gasteiger partial charge in [-0.2, -0.15) is 5.10 Å². The monoisotopic (exact) mass is 387 g/mol. The largest absolute Gasteiger partial charge is 0.481 e. The zero-order chi connectivity index (χ0) is 14.0. The first kappa shape index (κ1) is 14.1. The van der Waals surface area contributed by atoms with Gasteiger partial charge in [0, 0.05) is 22.1 Å². The molecule has 5 nitrogen and oxygen atoms in total. The molecule has 0 saturated heterocycles. The second-order valence-corrected chi connectivity index (χ2v) is 5.54. The predicted octanol–water partition coefficient (Wildman–Crippen LogP) is 3.21. The van der Waals surface area contributed by atoms with Gasteiger partial charge in [0.1, 0.15) is 0 Å². The first-order valence-corrected chi connectivity index (χ1v) is 6.94. The van der Waals surface area contributed by atoms with E-state index in [9.17, 15) is 4.79 Å². The molecule has 1 amide bonds. The second kappa shape index (κ2) is 5.75. The van der Waals surface area contributed by atoms with Crippen LogP contribution in [0.4, 0.5) is 5.82 Å². The van der Waals surface area contributed by atoms with Crippen LogP contribution in [0, 0.1) is 0 Å². The van der Waals surface area contributed by atoms with E-state index >= 15 is 0 Å². The Morgan fingerprint density at radius 1 is 1.37 bits per heavy atom. The van der Waals surface area contributed by atoms with Crippen molar-refractivity contribution in [3.05, 3.63) is 38.8 Å². The average molecular weight is 389 g/mol. The van der Waals surface area contributed by atoms with Crippen LogP contribution in [0.3, 0.4) is 0 Å². The fourth-order valence-electron chi connectivity index (χ4n) is 1.56. The van der Waals surface area contributed by atoms with E-state index in [-0.39, 0.29) is 5.91 Å². The summed E-state index contributed by atoms with van der Waals surface area (Å²) >= 11 is 6.69. The number of halogens is 2. The molecule has 0 radical (unpaired) electrons. The quantitative estimate of drug-likeness (QED) is 0.878. The molecular weight excluding hydrogens is 378 g/mol. The predicted molar refractivity (Wildman–Crippen MR) is 79.6 cm³/mol. The zero-order valence-electron chi connectivity index (χ0n) is 10.3. The van der Waals surface area contributed by atoms with E-state index in [4.69, 9.17) is 4.74 Å². The molecular formula is C12H11Br2N3O2. The Balaban J connectivity index is 2.20. The Kier molecular flexibility index (Phi) is 4.26. The summed E-state index contributed by atoms with van der Waals surface area (Å²) in [6.45, 7) is 0. The van der Waals surface area contributed by atoms with Gasteiger partial charge in [-0.3, -0.25) is 4.79 Å². The van der Waals surface area contributed by atoms with Crippen molar-refractivity contribution in [1.82, 2.24) is 9.78 Å². The minimum absolute atomic E-state index is 0.236. The van der Waals surface area contributed by atoms with Gasteiger partial charge < -0.3 is 10.1 Å². The number of methoxy groups -OCH3 is 1. The van der Waals surface area contributed by atoms with E-state index < -0.39 is 0 Å². The number of rotatable bonds is 3. The van der Waals surface area contributed by atoms with Crippen molar-refractivity contribution >= 4 is 43.6 Å². The van der Waals surface area contributed by atoms with Gasteiger partial charge >= 0.3 is 0 Å². The Morgan fingerprint density at radius 2 is 2.11 bits per heavy atom. The molecule has 7 heteroatoms. The fourth-order valence-corrected chi connectivity index (χ4v) is 2.79. The van der Waals surface area contributed by atoms with Gasteiger partial charge in [-0.15, -0.1) is 0 Å². The lowest BCUT2D eigenvalue weighted by molar-refractivity contribution is 0.102. The smallest absolute Gasteiger partial charge is 0.258 e. The summed E-state index contributed by atoms with van der Waals surface area (Å²) in [7, 11) is 3.29. The maximum Gasteiger partial charge on any atom is 0.258 e. The lowest BCUT2D eigenvalue weighted by atomic mass is 10.2. The lowest BCUT2D eigenvalue weighted by Gasteiger charge is -2.04. The molecule has 0 bridgehead atoms. The van der Waals surface area contributed by atoms with Crippen LogP contribution >= 0.6 is 31.9 Å². The number of hydrogen-bond acceptors (Lipinski definition) is 3. The van der Waals surface area contributed by atoms with Crippen molar-refractivity contribution in [3.63, 3.8) is 0 Å². The number of aryl methyl sites for hydroxylation is 1. The van der Waals surface area contributed by atoms with Crippen molar-refractivity contribution in [2.75, 3.05) is 12.4 Å². The highest BCUT2D eigenvalue weighted by Crippen LogP contribution is 2.23. The van der Waals surface area contributed by atoms with E-state index in [2.05, 4.69) is 42.3 Å². The van der Waals surface area contributed by atoms with Gasteiger partial charge in [-0.25, -0.2) is 4.68 Å². The Labute approximate surface area is 127 Å². The standard InChI is InChI=1S/C12H11Br2N3O2/c1-17-11(19-2)6-10(16-17)15-12(18)8-4-3-7(13)5-9(8)14/h3-6H,1-2H3,(H,15,16,18). The van der Waals surface area contributed by atoms with E-state index in [1.165, 1.54) is 0 Å². The van der Waals surface area contributed by atoms with Gasteiger partial charge in [0.2, 0.25) is 5.88 Å². The molecule has 0 aliphatic rings. The molecule has 2 aromatic rings. The molecule has 2 rings (SSSR count). The number of ether oxygens (including phenoxy) is 1. The molecule has 1 aromatic heterocycles. The number of amides is 1. The summed E-state index contributed by atoms with van der Waals surface area (Å²) in [5, 5.41) is 6.85. The van der Waals surface area contributed by atoms with Crippen LogP contribution in [0.1, 0.15) is 10.4 Å². The van der Waals surface area contributed by atoms with Gasteiger partial charge in [-0.05, 0) is 34.1 Å². The number of benzene rings is 1.